The SMILES string of the molecule is COc1ccc(C)cc1NC(=O)[C@@H](Sc1nc(N)cc(N)n1)c1ccccc1. The van der Waals surface area contributed by atoms with Gasteiger partial charge in [0.05, 0.1) is 12.8 Å². The average molecular weight is 395 g/mol. The maximum Gasteiger partial charge on any atom is 0.242 e. The number of hydrogen-bond donors (Lipinski definition) is 3. The van der Waals surface area contributed by atoms with Crippen molar-refractivity contribution in [2.75, 3.05) is 23.9 Å². The van der Waals surface area contributed by atoms with Crippen LogP contribution >= 0.6 is 11.8 Å². The Kier molecular flexibility index (Phi) is 6.00. The number of amides is 1. The maximum absolute atomic E-state index is 13.2. The second kappa shape index (κ2) is 8.62. The third-order valence-electron chi connectivity index (χ3n) is 3.92. The predicted molar refractivity (Wildman–Crippen MR) is 112 cm³/mol. The highest BCUT2D eigenvalue weighted by Gasteiger charge is 2.24. The van der Waals surface area contributed by atoms with Crippen molar-refractivity contribution in [3.8, 4) is 5.75 Å². The maximum atomic E-state index is 13.2. The van der Waals surface area contributed by atoms with Crippen LogP contribution in [0.1, 0.15) is 16.4 Å². The Morgan fingerprint density at radius 3 is 2.39 bits per heavy atom. The molecule has 1 heterocycles. The minimum atomic E-state index is -0.604. The molecule has 7 nitrogen and oxygen atoms in total. The van der Waals surface area contributed by atoms with Crippen LogP contribution in [0.4, 0.5) is 17.3 Å². The van der Waals surface area contributed by atoms with E-state index in [1.165, 1.54) is 17.8 Å². The van der Waals surface area contributed by atoms with Gasteiger partial charge in [0.25, 0.3) is 0 Å². The molecular formula is C20H21N5O2S. The van der Waals surface area contributed by atoms with Crippen LogP contribution in [0.15, 0.2) is 59.8 Å². The van der Waals surface area contributed by atoms with Gasteiger partial charge in [0, 0.05) is 6.07 Å². The van der Waals surface area contributed by atoms with Gasteiger partial charge in [-0.05, 0) is 30.2 Å². The molecule has 28 heavy (non-hydrogen) atoms. The zero-order valence-corrected chi connectivity index (χ0v) is 16.4. The number of nitrogen functional groups attached to an aromatic ring is 2. The van der Waals surface area contributed by atoms with Gasteiger partial charge >= 0.3 is 0 Å². The minimum Gasteiger partial charge on any atom is -0.495 e. The lowest BCUT2D eigenvalue weighted by atomic mass is 10.1. The molecule has 3 rings (SSSR count). The summed E-state index contributed by atoms with van der Waals surface area (Å²) < 4.78 is 5.36. The van der Waals surface area contributed by atoms with Crippen LogP contribution in [0, 0.1) is 6.92 Å². The molecule has 1 aromatic heterocycles. The van der Waals surface area contributed by atoms with Gasteiger partial charge < -0.3 is 21.5 Å². The molecule has 1 amide bonds. The average Bonchev–Trinajstić information content (AvgIpc) is 2.66. The van der Waals surface area contributed by atoms with Gasteiger partial charge in [-0.3, -0.25) is 4.79 Å². The molecule has 3 aromatic rings. The van der Waals surface area contributed by atoms with Crippen molar-refractivity contribution < 1.29 is 9.53 Å². The fourth-order valence-corrected chi connectivity index (χ4v) is 3.62. The number of carbonyl (C=O) groups is 1. The van der Waals surface area contributed by atoms with Gasteiger partial charge in [-0.1, -0.05) is 48.2 Å². The molecular weight excluding hydrogens is 374 g/mol. The van der Waals surface area contributed by atoms with Crippen molar-refractivity contribution in [2.45, 2.75) is 17.3 Å². The van der Waals surface area contributed by atoms with Crippen LogP contribution < -0.4 is 21.5 Å². The molecule has 5 N–H and O–H groups in total. The van der Waals surface area contributed by atoms with Crippen molar-refractivity contribution in [3.05, 3.63) is 65.7 Å². The summed E-state index contributed by atoms with van der Waals surface area (Å²) in [7, 11) is 1.56. The van der Waals surface area contributed by atoms with Gasteiger partial charge in [-0.25, -0.2) is 9.97 Å². The Balaban J connectivity index is 1.93. The molecule has 8 heteroatoms. The predicted octanol–water partition coefficient (Wildman–Crippen LogP) is 3.43. The van der Waals surface area contributed by atoms with Gasteiger partial charge in [-0.2, -0.15) is 0 Å². The second-order valence-corrected chi connectivity index (χ2v) is 7.17. The van der Waals surface area contributed by atoms with Crippen LogP contribution in [0.3, 0.4) is 0 Å². The van der Waals surface area contributed by atoms with Gasteiger partial charge in [-0.15, -0.1) is 0 Å². The number of hydrogen-bond acceptors (Lipinski definition) is 7. The summed E-state index contributed by atoms with van der Waals surface area (Å²) in [5.74, 6) is 0.857. The summed E-state index contributed by atoms with van der Waals surface area (Å²) in [6, 6.07) is 16.5. The molecule has 0 unspecified atom stereocenters. The van der Waals surface area contributed by atoms with Gasteiger partial charge in [0.1, 0.15) is 22.6 Å². The fourth-order valence-electron chi connectivity index (χ4n) is 2.64. The number of ether oxygens (including phenoxy) is 1. The van der Waals surface area contributed by atoms with Crippen molar-refractivity contribution in [1.29, 1.82) is 0 Å². The third kappa shape index (κ3) is 4.72. The number of carbonyl (C=O) groups excluding carboxylic acids is 1. The lowest BCUT2D eigenvalue weighted by Gasteiger charge is -2.18. The van der Waals surface area contributed by atoms with Gasteiger partial charge in [0.15, 0.2) is 5.16 Å². The first kappa shape index (κ1) is 19.5. The molecule has 0 aliphatic rings. The summed E-state index contributed by atoms with van der Waals surface area (Å²) in [5, 5.41) is 2.67. The van der Waals surface area contributed by atoms with E-state index in [1.54, 1.807) is 7.11 Å². The van der Waals surface area contributed by atoms with E-state index >= 15 is 0 Å². The van der Waals surface area contributed by atoms with Crippen LogP contribution in [-0.2, 0) is 4.79 Å². The number of aromatic nitrogens is 2. The summed E-state index contributed by atoms with van der Waals surface area (Å²) in [6.07, 6.45) is 0. The van der Waals surface area contributed by atoms with E-state index < -0.39 is 5.25 Å². The Hall–Kier alpha value is -3.26. The monoisotopic (exact) mass is 395 g/mol. The number of rotatable bonds is 6. The Labute approximate surface area is 167 Å². The highest BCUT2D eigenvalue weighted by atomic mass is 32.2. The first-order valence-corrected chi connectivity index (χ1v) is 9.41. The minimum absolute atomic E-state index is 0.232. The number of nitrogens with one attached hydrogen (secondary N) is 1. The zero-order valence-electron chi connectivity index (χ0n) is 15.5. The first-order valence-electron chi connectivity index (χ1n) is 8.53. The smallest absolute Gasteiger partial charge is 0.242 e. The summed E-state index contributed by atoms with van der Waals surface area (Å²) in [6.45, 7) is 1.95. The molecule has 0 saturated heterocycles. The van der Waals surface area contributed by atoms with Gasteiger partial charge in [0.2, 0.25) is 5.91 Å². The van der Waals surface area contributed by atoms with Crippen LogP contribution in [0.5, 0.6) is 5.75 Å². The number of benzene rings is 2. The van der Waals surface area contributed by atoms with E-state index in [4.69, 9.17) is 16.2 Å². The first-order chi connectivity index (χ1) is 13.5. The Morgan fingerprint density at radius 2 is 1.75 bits per heavy atom. The third-order valence-corrected chi connectivity index (χ3v) is 5.04. The van der Waals surface area contributed by atoms with Crippen LogP contribution in [0.2, 0.25) is 0 Å². The van der Waals surface area contributed by atoms with Crippen LogP contribution in [0.25, 0.3) is 0 Å². The number of anilines is 3. The number of nitrogens with two attached hydrogens (primary N) is 2. The number of thioether (sulfide) groups is 1. The van der Waals surface area contributed by atoms with E-state index in [0.29, 0.717) is 16.6 Å². The van der Waals surface area contributed by atoms with E-state index in [-0.39, 0.29) is 17.5 Å². The molecule has 144 valence electrons. The largest absolute Gasteiger partial charge is 0.495 e. The van der Waals surface area contributed by atoms with Crippen LogP contribution in [-0.4, -0.2) is 23.0 Å². The van der Waals surface area contributed by atoms with Crippen molar-refractivity contribution in [1.82, 2.24) is 9.97 Å². The van der Waals surface area contributed by atoms with E-state index in [9.17, 15) is 4.79 Å². The molecule has 0 spiro atoms. The lowest BCUT2D eigenvalue weighted by molar-refractivity contribution is -0.115. The molecule has 2 aromatic carbocycles. The lowest BCUT2D eigenvalue weighted by Crippen LogP contribution is -2.20. The normalized spacial score (nSPS) is 11.6. The highest BCUT2D eigenvalue weighted by Crippen LogP contribution is 2.36. The summed E-state index contributed by atoms with van der Waals surface area (Å²) >= 11 is 1.18. The number of aryl methyl sites for hydroxylation is 1. The van der Waals surface area contributed by atoms with Crippen molar-refractivity contribution >= 4 is 35.0 Å². The van der Waals surface area contributed by atoms with Crippen molar-refractivity contribution in [2.24, 2.45) is 0 Å². The molecule has 0 fully saturated rings. The quantitative estimate of drug-likeness (QED) is 0.432. The summed E-state index contributed by atoms with van der Waals surface area (Å²) in [4.78, 5) is 21.5. The number of nitrogens with zero attached hydrogens (tertiary/aromatic N) is 2. The highest BCUT2D eigenvalue weighted by molar-refractivity contribution is 8.00. The number of methoxy groups -OCH3 is 1. The zero-order chi connectivity index (χ0) is 20.1. The Morgan fingerprint density at radius 1 is 1.07 bits per heavy atom. The van der Waals surface area contributed by atoms with Crippen molar-refractivity contribution in [3.63, 3.8) is 0 Å². The standard InChI is InChI=1S/C20H21N5O2S/c1-12-8-9-15(27-2)14(10-12)23-19(26)18(13-6-4-3-5-7-13)28-20-24-16(21)11-17(22)25-20/h3-11,18H,1-2H3,(H,23,26)(H4,21,22,24,25)/t18-/m0/s1. The topological polar surface area (TPSA) is 116 Å². The molecule has 0 aliphatic heterocycles. The Bertz CT molecular complexity index is 961. The fraction of sp³-hybridized carbons (Fsp3) is 0.150. The molecule has 0 bridgehead atoms. The molecule has 1 atom stereocenters. The molecule has 0 radical (unpaired) electrons. The summed E-state index contributed by atoms with van der Waals surface area (Å²) in [5.41, 5.74) is 13.9. The van der Waals surface area contributed by atoms with E-state index in [2.05, 4.69) is 15.3 Å². The van der Waals surface area contributed by atoms with E-state index in [1.807, 2.05) is 55.5 Å². The molecule has 0 saturated carbocycles. The molecule has 0 aliphatic carbocycles. The second-order valence-electron chi connectivity index (χ2n) is 6.10. The van der Waals surface area contributed by atoms with E-state index in [0.717, 1.165) is 11.1 Å².